The van der Waals surface area contributed by atoms with Crippen molar-refractivity contribution in [3.8, 4) is 5.75 Å². The van der Waals surface area contributed by atoms with Gasteiger partial charge in [-0.2, -0.15) is 5.10 Å². The molecule has 0 fully saturated rings. The van der Waals surface area contributed by atoms with Crippen LogP contribution in [0.2, 0.25) is 0 Å². The zero-order chi connectivity index (χ0) is 19.1. The highest BCUT2D eigenvalue weighted by Gasteiger charge is 2.07. The van der Waals surface area contributed by atoms with Crippen molar-refractivity contribution in [3.63, 3.8) is 0 Å². The van der Waals surface area contributed by atoms with Gasteiger partial charge in [-0.05, 0) is 81.1 Å². The van der Waals surface area contributed by atoms with Crippen LogP contribution in [0.3, 0.4) is 0 Å². The maximum atomic E-state index is 12.2. The topological polar surface area (TPSA) is 111 Å². The summed E-state index contributed by atoms with van der Waals surface area (Å²) in [6, 6.07) is 10.1. The number of nitrogens with one attached hydrogen (secondary N) is 2. The van der Waals surface area contributed by atoms with E-state index in [1.807, 2.05) is 28.7 Å². The predicted octanol–water partition coefficient (Wildman–Crippen LogP) is 2.88. The SMILES string of the molecule is O=C(/C=C/c1cccc(C(=O)N/N=C/c2cc(I)cc(I)c2O)c1)NO. The fourth-order valence-electron chi connectivity index (χ4n) is 1.90. The van der Waals surface area contributed by atoms with Crippen LogP contribution in [0.25, 0.3) is 6.08 Å². The molecule has 0 bridgehead atoms. The van der Waals surface area contributed by atoms with Gasteiger partial charge in [0, 0.05) is 20.8 Å². The van der Waals surface area contributed by atoms with Crippen molar-refractivity contribution in [2.45, 2.75) is 0 Å². The lowest BCUT2D eigenvalue weighted by molar-refractivity contribution is -0.124. The number of phenols is 1. The molecule has 0 aromatic heterocycles. The predicted molar refractivity (Wildman–Crippen MR) is 114 cm³/mol. The number of amides is 2. The van der Waals surface area contributed by atoms with E-state index in [1.54, 1.807) is 30.3 Å². The summed E-state index contributed by atoms with van der Waals surface area (Å²) in [5, 5.41) is 22.3. The molecular formula is C17H13I2N3O4. The molecule has 26 heavy (non-hydrogen) atoms. The van der Waals surface area contributed by atoms with Gasteiger partial charge in [0.05, 0.1) is 9.78 Å². The quantitative estimate of drug-likeness (QED) is 0.144. The molecule has 7 nitrogen and oxygen atoms in total. The van der Waals surface area contributed by atoms with E-state index < -0.39 is 11.8 Å². The molecule has 2 amide bonds. The van der Waals surface area contributed by atoms with Crippen LogP contribution in [0.5, 0.6) is 5.75 Å². The summed E-state index contributed by atoms with van der Waals surface area (Å²) >= 11 is 4.14. The van der Waals surface area contributed by atoms with Crippen molar-refractivity contribution >= 4 is 69.3 Å². The smallest absolute Gasteiger partial charge is 0.271 e. The Labute approximate surface area is 176 Å². The fraction of sp³-hybridized carbons (Fsp3) is 0. The highest BCUT2D eigenvalue weighted by atomic mass is 127. The normalized spacial score (nSPS) is 11.0. The van der Waals surface area contributed by atoms with Crippen LogP contribution in [0.15, 0.2) is 47.6 Å². The van der Waals surface area contributed by atoms with Crippen molar-refractivity contribution < 1.29 is 19.9 Å². The lowest BCUT2D eigenvalue weighted by Crippen LogP contribution is -2.17. The number of nitrogens with zero attached hydrogens (tertiary/aromatic N) is 1. The van der Waals surface area contributed by atoms with Gasteiger partial charge in [-0.15, -0.1) is 0 Å². The number of halogens is 2. The van der Waals surface area contributed by atoms with Gasteiger partial charge in [0.15, 0.2) is 0 Å². The Bertz CT molecular complexity index is 898. The van der Waals surface area contributed by atoms with Crippen molar-refractivity contribution in [3.05, 3.63) is 66.3 Å². The van der Waals surface area contributed by atoms with Crippen molar-refractivity contribution in [1.82, 2.24) is 10.9 Å². The maximum Gasteiger partial charge on any atom is 0.271 e. The van der Waals surface area contributed by atoms with Crippen molar-refractivity contribution in [2.24, 2.45) is 5.10 Å². The Kier molecular flexibility index (Phi) is 7.53. The Morgan fingerprint density at radius 2 is 1.92 bits per heavy atom. The van der Waals surface area contributed by atoms with Gasteiger partial charge in [-0.1, -0.05) is 12.1 Å². The second-order valence-corrected chi connectivity index (χ2v) is 7.37. The molecule has 0 spiro atoms. The molecule has 0 unspecified atom stereocenters. The monoisotopic (exact) mass is 577 g/mol. The molecule has 0 aliphatic rings. The molecule has 9 heteroatoms. The third kappa shape index (κ3) is 5.78. The molecule has 0 saturated carbocycles. The minimum absolute atomic E-state index is 0.0957. The first-order valence-electron chi connectivity index (χ1n) is 7.14. The van der Waals surface area contributed by atoms with E-state index in [9.17, 15) is 14.7 Å². The number of rotatable bonds is 5. The van der Waals surface area contributed by atoms with E-state index in [0.29, 0.717) is 20.3 Å². The molecule has 0 radical (unpaired) electrons. The number of phenolic OH excluding ortho intramolecular Hbond substituents is 1. The Morgan fingerprint density at radius 1 is 1.15 bits per heavy atom. The van der Waals surface area contributed by atoms with Crippen LogP contribution in [0.4, 0.5) is 0 Å². The second kappa shape index (κ2) is 9.64. The number of carbonyl (C=O) groups is 2. The summed E-state index contributed by atoms with van der Waals surface area (Å²) in [6.45, 7) is 0. The molecule has 0 heterocycles. The minimum Gasteiger partial charge on any atom is -0.506 e. The largest absolute Gasteiger partial charge is 0.506 e. The van der Waals surface area contributed by atoms with E-state index in [-0.39, 0.29) is 5.75 Å². The van der Waals surface area contributed by atoms with Crippen LogP contribution in [-0.4, -0.2) is 28.3 Å². The van der Waals surface area contributed by atoms with E-state index in [4.69, 9.17) is 5.21 Å². The molecule has 2 rings (SSSR count). The molecule has 0 atom stereocenters. The first-order valence-corrected chi connectivity index (χ1v) is 9.30. The standard InChI is InChI=1S/C17H13I2N3O4/c18-13-7-12(16(24)14(19)8-13)9-20-21-17(25)11-3-1-2-10(6-11)4-5-15(23)22-26/h1-9,24,26H,(H,21,25)(H,22,23)/b5-4+,20-9+. The molecule has 134 valence electrons. The highest BCUT2D eigenvalue weighted by Crippen LogP contribution is 2.25. The molecule has 0 saturated heterocycles. The van der Waals surface area contributed by atoms with E-state index in [0.717, 1.165) is 9.65 Å². The lowest BCUT2D eigenvalue weighted by Gasteiger charge is -2.04. The first kappa shape index (κ1) is 20.3. The number of carbonyl (C=O) groups excluding carboxylic acids is 2. The van der Waals surface area contributed by atoms with Gasteiger partial charge < -0.3 is 5.11 Å². The van der Waals surface area contributed by atoms with Crippen LogP contribution >= 0.6 is 45.2 Å². The maximum absolute atomic E-state index is 12.2. The summed E-state index contributed by atoms with van der Waals surface area (Å²) in [5.41, 5.74) is 5.31. The van der Waals surface area contributed by atoms with Gasteiger partial charge in [0.1, 0.15) is 5.75 Å². The van der Waals surface area contributed by atoms with Gasteiger partial charge in [-0.25, -0.2) is 10.9 Å². The van der Waals surface area contributed by atoms with Crippen LogP contribution in [0, 0.1) is 7.14 Å². The van der Waals surface area contributed by atoms with Gasteiger partial charge >= 0.3 is 0 Å². The third-order valence-corrected chi connectivity index (χ3v) is 4.56. The number of hydrogen-bond acceptors (Lipinski definition) is 5. The average molecular weight is 577 g/mol. The van der Waals surface area contributed by atoms with E-state index in [1.165, 1.54) is 17.8 Å². The third-order valence-electron chi connectivity index (χ3n) is 3.11. The summed E-state index contributed by atoms with van der Waals surface area (Å²) in [7, 11) is 0. The fourth-order valence-corrected chi connectivity index (χ4v) is 3.79. The highest BCUT2D eigenvalue weighted by molar-refractivity contribution is 14.1. The first-order chi connectivity index (χ1) is 12.4. The Hall–Kier alpha value is -1.99. The summed E-state index contributed by atoms with van der Waals surface area (Å²) < 4.78 is 1.62. The van der Waals surface area contributed by atoms with Crippen LogP contribution in [-0.2, 0) is 4.79 Å². The zero-order valence-electron chi connectivity index (χ0n) is 13.1. The van der Waals surface area contributed by atoms with Crippen molar-refractivity contribution in [2.75, 3.05) is 0 Å². The van der Waals surface area contributed by atoms with Crippen LogP contribution in [0.1, 0.15) is 21.5 Å². The Balaban J connectivity index is 2.09. The lowest BCUT2D eigenvalue weighted by atomic mass is 10.1. The van der Waals surface area contributed by atoms with Gasteiger partial charge in [-0.3, -0.25) is 14.8 Å². The number of hydrogen-bond donors (Lipinski definition) is 4. The average Bonchev–Trinajstić information content (AvgIpc) is 2.63. The summed E-state index contributed by atoms with van der Waals surface area (Å²) in [4.78, 5) is 23.2. The molecule has 0 aliphatic heterocycles. The summed E-state index contributed by atoms with van der Waals surface area (Å²) in [5.74, 6) is -1.02. The molecule has 0 aliphatic carbocycles. The number of benzene rings is 2. The summed E-state index contributed by atoms with van der Waals surface area (Å²) in [6.07, 6.45) is 3.96. The van der Waals surface area contributed by atoms with Gasteiger partial charge in [0.2, 0.25) is 0 Å². The number of hydroxylamine groups is 1. The zero-order valence-corrected chi connectivity index (χ0v) is 17.4. The van der Waals surface area contributed by atoms with Gasteiger partial charge in [0.25, 0.3) is 11.8 Å². The van der Waals surface area contributed by atoms with Crippen LogP contribution < -0.4 is 10.9 Å². The minimum atomic E-state index is -0.670. The number of aromatic hydroxyl groups is 1. The number of hydrazone groups is 1. The molecular weight excluding hydrogens is 564 g/mol. The molecule has 4 N–H and O–H groups in total. The van der Waals surface area contributed by atoms with Crippen molar-refractivity contribution in [1.29, 1.82) is 0 Å². The van der Waals surface area contributed by atoms with E-state index >= 15 is 0 Å². The second-order valence-electron chi connectivity index (χ2n) is 4.96. The molecule has 2 aromatic carbocycles. The van der Waals surface area contributed by atoms with E-state index in [2.05, 4.69) is 33.1 Å². The molecule has 2 aromatic rings. The Morgan fingerprint density at radius 3 is 2.65 bits per heavy atom.